The smallest absolute Gasteiger partial charge is 0.410 e. The molecule has 0 N–H and O–H groups in total. The number of carbonyl (C=O) groups is 1. The van der Waals surface area contributed by atoms with Crippen molar-refractivity contribution in [1.29, 1.82) is 0 Å². The Balaban J connectivity index is 2.28. The fourth-order valence-electron chi connectivity index (χ4n) is 1.36. The third-order valence-electron chi connectivity index (χ3n) is 2.19. The molecule has 1 heterocycles. The Morgan fingerprint density at radius 2 is 2.22 bits per heavy atom. The van der Waals surface area contributed by atoms with E-state index in [0.29, 0.717) is 6.54 Å². The molecule has 18 heavy (non-hydrogen) atoms. The van der Waals surface area contributed by atoms with Gasteiger partial charge in [-0.1, -0.05) is 0 Å². The minimum Gasteiger partial charge on any atom is -0.444 e. The number of halogens is 1. The number of amides is 1. The molecule has 1 rings (SSSR count). The Morgan fingerprint density at radius 3 is 2.72 bits per heavy atom. The standard InChI is InChI=1S/C12H20BrN3O2/c1-12(2,3)18-11(17)15(4)6-5-7-16-9-10(13)8-14-16/h8-9H,5-7H2,1-4H3. The van der Waals surface area contributed by atoms with Crippen molar-refractivity contribution in [2.75, 3.05) is 13.6 Å². The maximum absolute atomic E-state index is 11.7. The molecular weight excluding hydrogens is 298 g/mol. The Hall–Kier alpha value is -1.04. The molecule has 0 aromatic carbocycles. The van der Waals surface area contributed by atoms with Crippen molar-refractivity contribution in [2.45, 2.75) is 39.3 Å². The monoisotopic (exact) mass is 317 g/mol. The summed E-state index contributed by atoms with van der Waals surface area (Å²) in [5.74, 6) is 0. The predicted molar refractivity (Wildman–Crippen MR) is 73.4 cm³/mol. The molecule has 0 fully saturated rings. The van der Waals surface area contributed by atoms with E-state index in [-0.39, 0.29) is 6.09 Å². The van der Waals surface area contributed by atoms with Gasteiger partial charge < -0.3 is 9.64 Å². The van der Waals surface area contributed by atoms with E-state index >= 15 is 0 Å². The van der Waals surface area contributed by atoms with Crippen LogP contribution < -0.4 is 0 Å². The van der Waals surface area contributed by atoms with Crippen LogP contribution >= 0.6 is 15.9 Å². The van der Waals surface area contributed by atoms with Gasteiger partial charge in [0.2, 0.25) is 0 Å². The van der Waals surface area contributed by atoms with Crippen molar-refractivity contribution in [3.63, 3.8) is 0 Å². The first kappa shape index (κ1) is 15.0. The second-order valence-electron chi connectivity index (χ2n) is 5.18. The van der Waals surface area contributed by atoms with Gasteiger partial charge in [0.25, 0.3) is 0 Å². The highest BCUT2D eigenvalue weighted by Gasteiger charge is 2.19. The lowest BCUT2D eigenvalue weighted by atomic mass is 10.2. The van der Waals surface area contributed by atoms with Crippen LogP contribution in [0.4, 0.5) is 4.79 Å². The lowest BCUT2D eigenvalue weighted by Crippen LogP contribution is -2.35. The van der Waals surface area contributed by atoms with Crippen LogP contribution in [-0.2, 0) is 11.3 Å². The molecular formula is C12H20BrN3O2. The van der Waals surface area contributed by atoms with Gasteiger partial charge in [-0.2, -0.15) is 5.10 Å². The molecule has 1 aromatic heterocycles. The summed E-state index contributed by atoms with van der Waals surface area (Å²) in [4.78, 5) is 13.3. The zero-order chi connectivity index (χ0) is 13.8. The van der Waals surface area contributed by atoms with Gasteiger partial charge in [-0.15, -0.1) is 0 Å². The highest BCUT2D eigenvalue weighted by atomic mass is 79.9. The first-order chi connectivity index (χ1) is 8.28. The number of ether oxygens (including phenoxy) is 1. The van der Waals surface area contributed by atoms with Crippen LogP contribution in [0.25, 0.3) is 0 Å². The van der Waals surface area contributed by atoms with Crippen molar-refractivity contribution in [1.82, 2.24) is 14.7 Å². The van der Waals surface area contributed by atoms with Gasteiger partial charge in [-0.3, -0.25) is 4.68 Å². The summed E-state index contributed by atoms with van der Waals surface area (Å²) >= 11 is 3.34. The van der Waals surface area contributed by atoms with Crippen LogP contribution in [0.1, 0.15) is 27.2 Å². The van der Waals surface area contributed by atoms with Crippen LogP contribution in [0.5, 0.6) is 0 Å². The zero-order valence-electron chi connectivity index (χ0n) is 11.3. The molecule has 0 bridgehead atoms. The van der Waals surface area contributed by atoms with E-state index < -0.39 is 5.60 Å². The average molecular weight is 318 g/mol. The number of carbonyl (C=O) groups excluding carboxylic acids is 1. The maximum Gasteiger partial charge on any atom is 0.410 e. The number of aromatic nitrogens is 2. The van der Waals surface area contributed by atoms with E-state index in [1.54, 1.807) is 18.1 Å². The van der Waals surface area contributed by atoms with Crippen LogP contribution in [-0.4, -0.2) is 40.0 Å². The van der Waals surface area contributed by atoms with E-state index in [1.165, 1.54) is 0 Å². The molecule has 1 aromatic rings. The maximum atomic E-state index is 11.7. The lowest BCUT2D eigenvalue weighted by Gasteiger charge is -2.24. The van der Waals surface area contributed by atoms with Gasteiger partial charge in [0.05, 0.1) is 10.7 Å². The topological polar surface area (TPSA) is 47.4 Å². The van der Waals surface area contributed by atoms with E-state index in [1.807, 2.05) is 31.6 Å². The first-order valence-electron chi connectivity index (χ1n) is 5.90. The Morgan fingerprint density at radius 1 is 1.56 bits per heavy atom. The summed E-state index contributed by atoms with van der Waals surface area (Å²) in [6.07, 6.45) is 4.21. The Kier molecular flexibility index (Phi) is 5.19. The first-order valence-corrected chi connectivity index (χ1v) is 6.69. The van der Waals surface area contributed by atoms with Gasteiger partial charge in [-0.05, 0) is 43.1 Å². The van der Waals surface area contributed by atoms with E-state index in [0.717, 1.165) is 17.4 Å². The highest BCUT2D eigenvalue weighted by molar-refractivity contribution is 9.10. The van der Waals surface area contributed by atoms with Crippen molar-refractivity contribution in [3.8, 4) is 0 Å². The van der Waals surface area contributed by atoms with Crippen molar-refractivity contribution < 1.29 is 9.53 Å². The molecule has 5 nitrogen and oxygen atoms in total. The van der Waals surface area contributed by atoms with E-state index in [2.05, 4.69) is 21.0 Å². The summed E-state index contributed by atoms with van der Waals surface area (Å²) in [5.41, 5.74) is -0.446. The number of nitrogens with zero attached hydrogens (tertiary/aromatic N) is 3. The van der Waals surface area contributed by atoms with Crippen molar-refractivity contribution >= 4 is 22.0 Å². The molecule has 0 unspecified atom stereocenters. The van der Waals surface area contributed by atoms with Crippen molar-refractivity contribution in [2.24, 2.45) is 0 Å². The lowest BCUT2D eigenvalue weighted by molar-refractivity contribution is 0.0295. The third-order valence-corrected chi connectivity index (χ3v) is 2.60. The largest absolute Gasteiger partial charge is 0.444 e. The van der Waals surface area contributed by atoms with Gasteiger partial charge in [-0.25, -0.2) is 4.79 Å². The zero-order valence-corrected chi connectivity index (χ0v) is 12.9. The second kappa shape index (κ2) is 6.22. The average Bonchev–Trinajstić information content (AvgIpc) is 2.61. The van der Waals surface area contributed by atoms with E-state index in [9.17, 15) is 4.79 Å². The summed E-state index contributed by atoms with van der Waals surface area (Å²) in [6, 6.07) is 0. The fraction of sp³-hybridized carbons (Fsp3) is 0.667. The molecule has 0 saturated heterocycles. The van der Waals surface area contributed by atoms with Crippen LogP contribution in [0.15, 0.2) is 16.9 Å². The minimum absolute atomic E-state index is 0.288. The number of rotatable bonds is 4. The van der Waals surface area contributed by atoms with Crippen LogP contribution in [0.2, 0.25) is 0 Å². The number of hydrogen-bond donors (Lipinski definition) is 0. The number of aryl methyl sites for hydroxylation is 1. The van der Waals surface area contributed by atoms with Crippen LogP contribution in [0, 0.1) is 0 Å². The summed E-state index contributed by atoms with van der Waals surface area (Å²) in [5, 5.41) is 4.15. The molecule has 0 aliphatic heterocycles. The molecule has 102 valence electrons. The third kappa shape index (κ3) is 5.53. The quantitative estimate of drug-likeness (QED) is 0.857. The summed E-state index contributed by atoms with van der Waals surface area (Å²) in [7, 11) is 1.74. The SMILES string of the molecule is CN(CCCn1cc(Br)cn1)C(=O)OC(C)(C)C. The normalized spacial score (nSPS) is 11.4. The van der Waals surface area contributed by atoms with E-state index in [4.69, 9.17) is 4.74 Å². The van der Waals surface area contributed by atoms with Crippen molar-refractivity contribution in [3.05, 3.63) is 16.9 Å². The summed E-state index contributed by atoms with van der Waals surface area (Å²) in [6.45, 7) is 7.01. The molecule has 0 atom stereocenters. The predicted octanol–water partition coefficient (Wildman–Crippen LogP) is 2.90. The van der Waals surface area contributed by atoms with Gasteiger partial charge >= 0.3 is 6.09 Å². The molecule has 0 spiro atoms. The van der Waals surface area contributed by atoms with Crippen LogP contribution in [0.3, 0.4) is 0 Å². The van der Waals surface area contributed by atoms with Gasteiger partial charge in [0.1, 0.15) is 5.60 Å². The molecule has 0 aliphatic rings. The Labute approximate surface area is 116 Å². The van der Waals surface area contributed by atoms with Gasteiger partial charge in [0, 0.05) is 26.3 Å². The second-order valence-corrected chi connectivity index (χ2v) is 6.09. The van der Waals surface area contributed by atoms with Gasteiger partial charge in [0.15, 0.2) is 0 Å². The highest BCUT2D eigenvalue weighted by Crippen LogP contribution is 2.10. The minimum atomic E-state index is -0.446. The number of hydrogen-bond acceptors (Lipinski definition) is 3. The molecule has 6 heteroatoms. The molecule has 0 radical (unpaired) electrons. The Bertz CT molecular complexity index is 398. The molecule has 0 aliphatic carbocycles. The molecule has 0 saturated carbocycles. The molecule has 1 amide bonds. The summed E-state index contributed by atoms with van der Waals surface area (Å²) < 4.78 is 8.06. The fourth-order valence-corrected chi connectivity index (χ4v) is 1.69.